The van der Waals surface area contributed by atoms with Crippen LogP contribution in [-0.2, 0) is 11.3 Å². The van der Waals surface area contributed by atoms with E-state index in [0.29, 0.717) is 6.42 Å². The zero-order valence-electron chi connectivity index (χ0n) is 6.81. The molecule has 1 atom stereocenters. The van der Waals surface area contributed by atoms with Crippen molar-refractivity contribution in [2.24, 2.45) is 0 Å². The summed E-state index contributed by atoms with van der Waals surface area (Å²) >= 11 is 1.64. The summed E-state index contributed by atoms with van der Waals surface area (Å²) in [7, 11) is 1.50. The molecule has 0 aromatic carbocycles. The molecule has 0 radical (unpaired) electrons. The van der Waals surface area contributed by atoms with Gasteiger partial charge in [-0.05, 0) is 0 Å². The predicted molar refractivity (Wildman–Crippen MR) is 42.1 cm³/mol. The molecular formula is C7H12BrNO2S. The van der Waals surface area contributed by atoms with Gasteiger partial charge in [0.15, 0.2) is 19.0 Å². The molecule has 0 aliphatic carbocycles. The highest BCUT2D eigenvalue weighted by Crippen LogP contribution is 1.93. The van der Waals surface area contributed by atoms with Crippen LogP contribution in [0.25, 0.3) is 0 Å². The minimum Gasteiger partial charge on any atom is -1.00 e. The van der Waals surface area contributed by atoms with Gasteiger partial charge in [0.2, 0.25) is 5.51 Å². The number of ether oxygens (including phenoxy) is 1. The summed E-state index contributed by atoms with van der Waals surface area (Å²) in [6.45, 7) is 0.804. The summed E-state index contributed by atoms with van der Waals surface area (Å²) in [5.41, 5.74) is 2.00. The molecule has 0 amide bonds. The molecular weight excluding hydrogens is 242 g/mol. The van der Waals surface area contributed by atoms with Crippen molar-refractivity contribution in [1.29, 1.82) is 0 Å². The molecule has 1 rings (SSSR count). The number of hydrogen-bond donors (Lipinski definition) is 1. The first kappa shape index (κ1) is 12.0. The number of halogens is 1. The van der Waals surface area contributed by atoms with Crippen molar-refractivity contribution < 1.29 is 31.4 Å². The Morgan fingerprint density at radius 1 is 1.67 bits per heavy atom. The summed E-state index contributed by atoms with van der Waals surface area (Å²) in [5.74, 6) is 0. The number of hydrogen-bond acceptors (Lipinski definition) is 3. The second-order valence-electron chi connectivity index (χ2n) is 2.24. The monoisotopic (exact) mass is 253 g/mol. The Hall–Kier alpha value is 0.0300. The molecule has 0 aliphatic heterocycles. The first-order valence-electron chi connectivity index (χ1n) is 3.45. The zero-order valence-corrected chi connectivity index (χ0v) is 9.21. The molecule has 0 saturated carbocycles. The molecule has 1 aromatic heterocycles. The zero-order chi connectivity index (χ0) is 8.10. The van der Waals surface area contributed by atoms with E-state index in [2.05, 4.69) is 0 Å². The number of aryl methyl sites for hydroxylation is 1. The van der Waals surface area contributed by atoms with Gasteiger partial charge in [0.05, 0.1) is 11.8 Å². The SMILES string of the molecule is COC(O)CC[n+]1ccsc1.[Br-]. The Morgan fingerprint density at radius 2 is 2.42 bits per heavy atom. The van der Waals surface area contributed by atoms with Gasteiger partial charge in [-0.1, -0.05) is 11.3 Å². The van der Waals surface area contributed by atoms with Crippen LogP contribution in [0.1, 0.15) is 6.42 Å². The molecule has 12 heavy (non-hydrogen) atoms. The van der Waals surface area contributed by atoms with Crippen LogP contribution in [0.4, 0.5) is 0 Å². The molecule has 0 bridgehead atoms. The highest BCUT2D eigenvalue weighted by molar-refractivity contribution is 7.07. The van der Waals surface area contributed by atoms with Crippen molar-refractivity contribution >= 4 is 11.3 Å². The van der Waals surface area contributed by atoms with E-state index in [1.165, 1.54) is 7.11 Å². The third kappa shape index (κ3) is 4.15. The molecule has 70 valence electrons. The molecule has 3 nitrogen and oxygen atoms in total. The van der Waals surface area contributed by atoms with E-state index in [9.17, 15) is 0 Å². The molecule has 1 N–H and O–H groups in total. The minimum absolute atomic E-state index is 0. The minimum atomic E-state index is -0.637. The van der Waals surface area contributed by atoms with Crippen molar-refractivity contribution in [3.8, 4) is 0 Å². The fraction of sp³-hybridized carbons (Fsp3) is 0.571. The van der Waals surface area contributed by atoms with Crippen LogP contribution in [0.2, 0.25) is 0 Å². The lowest BCUT2D eigenvalue weighted by atomic mass is 10.4. The average molecular weight is 254 g/mol. The molecule has 0 spiro atoms. The van der Waals surface area contributed by atoms with E-state index in [4.69, 9.17) is 9.84 Å². The van der Waals surface area contributed by atoms with Gasteiger partial charge < -0.3 is 26.8 Å². The Labute approximate surface area is 86.4 Å². The van der Waals surface area contributed by atoms with Crippen molar-refractivity contribution in [3.05, 3.63) is 17.1 Å². The smallest absolute Gasteiger partial charge is 0.224 e. The number of nitrogens with zero attached hydrogens (tertiary/aromatic N) is 1. The highest BCUT2D eigenvalue weighted by Gasteiger charge is 2.05. The summed E-state index contributed by atoms with van der Waals surface area (Å²) < 4.78 is 6.71. The van der Waals surface area contributed by atoms with E-state index >= 15 is 0 Å². The number of aromatic nitrogens is 1. The van der Waals surface area contributed by atoms with E-state index < -0.39 is 6.29 Å². The summed E-state index contributed by atoms with van der Waals surface area (Å²) in [5, 5.41) is 11.0. The van der Waals surface area contributed by atoms with E-state index in [-0.39, 0.29) is 17.0 Å². The number of rotatable bonds is 4. The normalized spacial score (nSPS) is 12.2. The number of aliphatic hydroxyl groups is 1. The van der Waals surface area contributed by atoms with Gasteiger partial charge in [0.1, 0.15) is 0 Å². The average Bonchev–Trinajstić information content (AvgIpc) is 2.52. The third-order valence-electron chi connectivity index (χ3n) is 1.43. The van der Waals surface area contributed by atoms with Crippen molar-refractivity contribution in [1.82, 2.24) is 0 Å². The molecule has 0 aliphatic rings. The van der Waals surface area contributed by atoms with Crippen molar-refractivity contribution in [2.75, 3.05) is 7.11 Å². The Morgan fingerprint density at radius 3 is 2.92 bits per heavy atom. The fourth-order valence-electron chi connectivity index (χ4n) is 0.766. The van der Waals surface area contributed by atoms with Gasteiger partial charge in [0, 0.05) is 7.11 Å². The van der Waals surface area contributed by atoms with Crippen LogP contribution in [-0.4, -0.2) is 18.5 Å². The molecule has 5 heteroatoms. The Kier molecular flexibility index (Phi) is 6.55. The molecule has 0 saturated heterocycles. The lowest BCUT2D eigenvalue weighted by Gasteiger charge is -2.03. The maximum Gasteiger partial charge on any atom is 0.224 e. The second kappa shape index (κ2) is 6.54. The van der Waals surface area contributed by atoms with Crippen LogP contribution in [0.5, 0.6) is 0 Å². The van der Waals surface area contributed by atoms with Crippen LogP contribution in [0, 0.1) is 0 Å². The van der Waals surface area contributed by atoms with E-state index in [1.54, 1.807) is 11.3 Å². The van der Waals surface area contributed by atoms with Gasteiger partial charge >= 0.3 is 0 Å². The van der Waals surface area contributed by atoms with Gasteiger partial charge in [-0.3, -0.25) is 0 Å². The van der Waals surface area contributed by atoms with Crippen LogP contribution in [0.3, 0.4) is 0 Å². The number of thiazole rings is 1. The van der Waals surface area contributed by atoms with Crippen LogP contribution in [0.15, 0.2) is 17.1 Å². The van der Waals surface area contributed by atoms with Crippen LogP contribution >= 0.6 is 11.3 Å². The third-order valence-corrected chi connectivity index (χ3v) is 2.10. The number of methoxy groups -OCH3 is 1. The Balaban J connectivity index is 0.00000121. The maximum atomic E-state index is 9.02. The summed E-state index contributed by atoms with van der Waals surface area (Å²) in [6.07, 6.45) is 1.98. The van der Waals surface area contributed by atoms with E-state index in [0.717, 1.165) is 6.54 Å². The van der Waals surface area contributed by atoms with Gasteiger partial charge in [-0.25, -0.2) is 0 Å². The maximum absolute atomic E-state index is 9.02. The molecule has 1 unspecified atom stereocenters. The Bertz CT molecular complexity index is 193. The van der Waals surface area contributed by atoms with Gasteiger partial charge in [-0.15, -0.1) is 0 Å². The second-order valence-corrected chi connectivity index (χ2v) is 3.00. The lowest BCUT2D eigenvalue weighted by Crippen LogP contribution is -3.00. The largest absolute Gasteiger partial charge is 1.00 e. The topological polar surface area (TPSA) is 33.3 Å². The fourth-order valence-corrected chi connectivity index (χ4v) is 1.40. The summed E-state index contributed by atoms with van der Waals surface area (Å²) in [6, 6.07) is 0. The van der Waals surface area contributed by atoms with Crippen molar-refractivity contribution in [3.63, 3.8) is 0 Å². The molecule has 1 aromatic rings. The quantitative estimate of drug-likeness (QED) is 0.472. The first-order chi connectivity index (χ1) is 5.33. The van der Waals surface area contributed by atoms with Crippen LogP contribution < -0.4 is 21.5 Å². The predicted octanol–water partition coefficient (Wildman–Crippen LogP) is -2.61. The highest BCUT2D eigenvalue weighted by atomic mass is 79.9. The molecule has 0 fully saturated rings. The first-order valence-corrected chi connectivity index (χ1v) is 4.39. The lowest BCUT2D eigenvalue weighted by molar-refractivity contribution is -0.694. The van der Waals surface area contributed by atoms with Crippen molar-refractivity contribution in [2.45, 2.75) is 19.3 Å². The van der Waals surface area contributed by atoms with Gasteiger partial charge in [0.25, 0.3) is 0 Å². The van der Waals surface area contributed by atoms with Gasteiger partial charge in [-0.2, -0.15) is 4.57 Å². The van der Waals surface area contributed by atoms with E-state index in [1.807, 2.05) is 21.7 Å². The number of aliphatic hydroxyl groups excluding tert-OH is 1. The standard InChI is InChI=1S/C7H12NO2S.BrH/c1-10-7(9)2-3-8-4-5-11-6-8;/h4-7,9H,2-3H2,1H3;1H/q+1;/p-1. The molecule has 1 heterocycles. The summed E-state index contributed by atoms with van der Waals surface area (Å²) in [4.78, 5) is 0.